The van der Waals surface area contributed by atoms with Crippen molar-refractivity contribution in [2.75, 3.05) is 13.2 Å². The third-order valence-corrected chi connectivity index (χ3v) is 3.01. The second-order valence-electron chi connectivity index (χ2n) is 3.46. The third-order valence-electron chi connectivity index (χ3n) is 1.77. The van der Waals surface area contributed by atoms with Crippen LogP contribution in [0.3, 0.4) is 0 Å². The molecule has 1 unspecified atom stereocenters. The fourth-order valence-corrected chi connectivity index (χ4v) is 2.01. The highest BCUT2D eigenvalue weighted by atomic mass is 35.5. The Morgan fingerprint density at radius 2 is 2.29 bits per heavy atom. The van der Waals surface area contributed by atoms with E-state index in [4.69, 9.17) is 16.7 Å². The summed E-state index contributed by atoms with van der Waals surface area (Å²) < 4.78 is 0.760. The van der Waals surface area contributed by atoms with E-state index in [0.29, 0.717) is 13.1 Å². The zero-order valence-electron chi connectivity index (χ0n) is 7.96. The molecule has 0 aliphatic heterocycles. The van der Waals surface area contributed by atoms with Gasteiger partial charge in [0, 0.05) is 18.0 Å². The Labute approximate surface area is 92.3 Å². The maximum atomic E-state index is 9.47. The van der Waals surface area contributed by atoms with E-state index >= 15 is 0 Å². The molecule has 0 aromatic carbocycles. The van der Waals surface area contributed by atoms with Crippen molar-refractivity contribution < 1.29 is 10.2 Å². The van der Waals surface area contributed by atoms with Gasteiger partial charge < -0.3 is 15.5 Å². The highest BCUT2D eigenvalue weighted by molar-refractivity contribution is 7.16. The molecule has 80 valence electrons. The summed E-state index contributed by atoms with van der Waals surface area (Å²) in [5.74, 6) is 0. The van der Waals surface area contributed by atoms with E-state index in [-0.39, 0.29) is 6.61 Å². The summed E-state index contributed by atoms with van der Waals surface area (Å²) in [5.41, 5.74) is -1.05. The summed E-state index contributed by atoms with van der Waals surface area (Å²) >= 11 is 7.26. The maximum Gasteiger partial charge on any atom is 0.0972 e. The molecular formula is C9H14ClNO2S. The Kier molecular flexibility index (Phi) is 4.34. The van der Waals surface area contributed by atoms with Gasteiger partial charge in [-0.25, -0.2) is 0 Å². The normalized spacial score (nSPS) is 15.4. The Morgan fingerprint density at radius 1 is 1.57 bits per heavy atom. The van der Waals surface area contributed by atoms with Gasteiger partial charge in [0.1, 0.15) is 0 Å². The van der Waals surface area contributed by atoms with Crippen molar-refractivity contribution >= 4 is 22.9 Å². The van der Waals surface area contributed by atoms with Gasteiger partial charge in [0.15, 0.2) is 0 Å². The van der Waals surface area contributed by atoms with Gasteiger partial charge in [-0.05, 0) is 19.1 Å². The number of aliphatic hydroxyl groups is 2. The number of aliphatic hydroxyl groups excluding tert-OH is 1. The van der Waals surface area contributed by atoms with Crippen molar-refractivity contribution in [3.63, 3.8) is 0 Å². The van der Waals surface area contributed by atoms with E-state index in [1.54, 1.807) is 6.92 Å². The molecule has 0 bridgehead atoms. The van der Waals surface area contributed by atoms with Crippen LogP contribution in [0.4, 0.5) is 0 Å². The molecule has 3 N–H and O–H groups in total. The van der Waals surface area contributed by atoms with Crippen LogP contribution in [0.5, 0.6) is 0 Å². The van der Waals surface area contributed by atoms with E-state index in [1.807, 2.05) is 12.1 Å². The number of halogens is 1. The van der Waals surface area contributed by atoms with E-state index in [9.17, 15) is 5.11 Å². The lowest BCUT2D eigenvalue weighted by Crippen LogP contribution is -2.40. The Balaban J connectivity index is 2.28. The van der Waals surface area contributed by atoms with Crippen LogP contribution in [-0.4, -0.2) is 29.0 Å². The molecule has 3 nitrogen and oxygen atoms in total. The first-order chi connectivity index (χ1) is 6.53. The van der Waals surface area contributed by atoms with Crippen LogP contribution in [0, 0.1) is 0 Å². The minimum Gasteiger partial charge on any atom is -0.393 e. The van der Waals surface area contributed by atoms with Gasteiger partial charge in [0.05, 0.1) is 16.5 Å². The zero-order chi connectivity index (χ0) is 10.6. The standard InChI is InChI=1S/C9H14ClNO2S/c1-9(13,6-12)5-11-4-7-2-3-8(10)14-7/h2-3,11-13H,4-6H2,1H3. The van der Waals surface area contributed by atoms with E-state index < -0.39 is 5.60 Å². The average molecular weight is 236 g/mol. The molecule has 1 atom stereocenters. The van der Waals surface area contributed by atoms with Crippen molar-refractivity contribution in [3.8, 4) is 0 Å². The molecule has 0 saturated heterocycles. The Hall–Kier alpha value is -0.130. The second kappa shape index (κ2) is 5.09. The van der Waals surface area contributed by atoms with Crippen molar-refractivity contribution in [1.82, 2.24) is 5.32 Å². The van der Waals surface area contributed by atoms with Gasteiger partial charge in [-0.1, -0.05) is 11.6 Å². The average Bonchev–Trinajstić information content (AvgIpc) is 2.51. The number of nitrogens with one attached hydrogen (secondary N) is 1. The van der Waals surface area contributed by atoms with Crippen LogP contribution in [0.15, 0.2) is 12.1 Å². The molecule has 0 aliphatic carbocycles. The smallest absolute Gasteiger partial charge is 0.0972 e. The monoisotopic (exact) mass is 235 g/mol. The molecule has 0 spiro atoms. The summed E-state index contributed by atoms with van der Waals surface area (Å²) in [7, 11) is 0. The summed E-state index contributed by atoms with van der Waals surface area (Å²) in [6, 6.07) is 3.78. The molecule has 5 heteroatoms. The predicted molar refractivity (Wildman–Crippen MR) is 58.7 cm³/mol. The molecule has 14 heavy (non-hydrogen) atoms. The minimum atomic E-state index is -1.05. The van der Waals surface area contributed by atoms with Crippen LogP contribution in [0.1, 0.15) is 11.8 Å². The van der Waals surface area contributed by atoms with Gasteiger partial charge in [0.25, 0.3) is 0 Å². The van der Waals surface area contributed by atoms with E-state index in [1.165, 1.54) is 11.3 Å². The fourth-order valence-electron chi connectivity index (χ4n) is 0.958. The molecule has 1 rings (SSSR count). The topological polar surface area (TPSA) is 52.5 Å². The number of thiophene rings is 1. The zero-order valence-corrected chi connectivity index (χ0v) is 9.53. The number of hydrogen-bond donors (Lipinski definition) is 3. The second-order valence-corrected chi connectivity index (χ2v) is 5.26. The first-order valence-corrected chi connectivity index (χ1v) is 5.51. The van der Waals surface area contributed by atoms with Crippen LogP contribution >= 0.6 is 22.9 Å². The molecule has 0 radical (unpaired) electrons. The predicted octanol–water partition coefficient (Wildman–Crippen LogP) is 1.23. The van der Waals surface area contributed by atoms with Gasteiger partial charge in [0.2, 0.25) is 0 Å². The van der Waals surface area contributed by atoms with Gasteiger partial charge in [-0.15, -0.1) is 11.3 Å². The fraction of sp³-hybridized carbons (Fsp3) is 0.556. The quantitative estimate of drug-likeness (QED) is 0.720. The molecule has 0 amide bonds. The van der Waals surface area contributed by atoms with Gasteiger partial charge >= 0.3 is 0 Å². The summed E-state index contributed by atoms with van der Waals surface area (Å²) in [6.45, 7) is 2.36. The highest BCUT2D eigenvalue weighted by Gasteiger charge is 2.17. The minimum absolute atomic E-state index is 0.245. The number of rotatable bonds is 5. The molecule has 0 saturated carbocycles. The van der Waals surface area contributed by atoms with Crippen LogP contribution in [0.2, 0.25) is 4.34 Å². The van der Waals surface area contributed by atoms with E-state index in [0.717, 1.165) is 9.21 Å². The molecule has 1 aromatic rings. The Morgan fingerprint density at radius 3 is 2.79 bits per heavy atom. The van der Waals surface area contributed by atoms with E-state index in [2.05, 4.69) is 5.32 Å². The summed E-state index contributed by atoms with van der Waals surface area (Å²) in [5, 5.41) is 21.3. The van der Waals surface area contributed by atoms with Crippen LogP contribution in [-0.2, 0) is 6.54 Å². The van der Waals surface area contributed by atoms with Crippen molar-refractivity contribution in [2.45, 2.75) is 19.1 Å². The van der Waals surface area contributed by atoms with Crippen molar-refractivity contribution in [2.24, 2.45) is 0 Å². The molecule has 1 aromatic heterocycles. The largest absolute Gasteiger partial charge is 0.393 e. The lowest BCUT2D eigenvalue weighted by atomic mass is 10.1. The van der Waals surface area contributed by atoms with Crippen LogP contribution in [0.25, 0.3) is 0 Å². The summed E-state index contributed by atoms with van der Waals surface area (Å²) in [6.07, 6.45) is 0. The highest BCUT2D eigenvalue weighted by Crippen LogP contribution is 2.21. The lowest BCUT2D eigenvalue weighted by molar-refractivity contribution is 0.00258. The molecule has 0 fully saturated rings. The molecule has 0 aliphatic rings. The van der Waals surface area contributed by atoms with Crippen molar-refractivity contribution in [3.05, 3.63) is 21.3 Å². The molecular weight excluding hydrogens is 222 g/mol. The SMILES string of the molecule is CC(O)(CO)CNCc1ccc(Cl)s1. The third kappa shape index (κ3) is 3.94. The van der Waals surface area contributed by atoms with Crippen molar-refractivity contribution in [1.29, 1.82) is 0 Å². The van der Waals surface area contributed by atoms with Gasteiger partial charge in [-0.3, -0.25) is 0 Å². The molecule has 1 heterocycles. The first-order valence-electron chi connectivity index (χ1n) is 4.32. The summed E-state index contributed by atoms with van der Waals surface area (Å²) in [4.78, 5) is 1.11. The number of hydrogen-bond acceptors (Lipinski definition) is 4. The van der Waals surface area contributed by atoms with Crippen LogP contribution < -0.4 is 5.32 Å². The Bertz CT molecular complexity index is 288. The van der Waals surface area contributed by atoms with Gasteiger partial charge in [-0.2, -0.15) is 0 Å². The lowest BCUT2D eigenvalue weighted by Gasteiger charge is -2.20. The first kappa shape index (κ1) is 11.9. The maximum absolute atomic E-state index is 9.47.